The van der Waals surface area contributed by atoms with Gasteiger partial charge in [0.15, 0.2) is 0 Å². The number of carbonyl (C=O) groups excluding carboxylic acids is 9. The number of aliphatic hydroxyl groups excluding tert-OH is 2. The highest BCUT2D eigenvalue weighted by atomic mass is 16.4. The Bertz CT molecular complexity index is 1640. The summed E-state index contributed by atoms with van der Waals surface area (Å²) >= 11 is 0. The maximum atomic E-state index is 13.1. The second-order valence-electron chi connectivity index (χ2n) is 13.6. The summed E-state index contributed by atoms with van der Waals surface area (Å²) in [5.41, 5.74) is 16.9. The summed E-state index contributed by atoms with van der Waals surface area (Å²) in [6, 6.07) is -1.56. The van der Waals surface area contributed by atoms with Crippen LogP contribution in [0.3, 0.4) is 0 Å². The fourth-order valence-corrected chi connectivity index (χ4v) is 4.96. The van der Waals surface area contributed by atoms with Crippen molar-refractivity contribution in [2.45, 2.75) is 102 Å². The number of amides is 9. The number of carboxylic acid groups (broad SMARTS) is 1. The first kappa shape index (κ1) is 49.8. The van der Waals surface area contributed by atoms with Gasteiger partial charge in [-0.25, -0.2) is 0 Å². The number of benzene rings is 1. The second-order valence-corrected chi connectivity index (χ2v) is 13.6. The van der Waals surface area contributed by atoms with Gasteiger partial charge < -0.3 is 69.7 Å². The third-order valence-electron chi connectivity index (χ3n) is 8.34. The monoisotopic (exact) mass is 822 g/mol. The molecule has 8 atom stereocenters. The van der Waals surface area contributed by atoms with Crippen molar-refractivity contribution in [2.75, 3.05) is 13.2 Å². The van der Waals surface area contributed by atoms with Crippen LogP contribution in [-0.2, 0) is 54.4 Å². The van der Waals surface area contributed by atoms with E-state index in [1.807, 2.05) is 0 Å². The Labute approximate surface area is 333 Å². The van der Waals surface area contributed by atoms with Crippen molar-refractivity contribution < 1.29 is 63.3 Å². The zero-order chi connectivity index (χ0) is 44.3. The molecule has 58 heavy (non-hydrogen) atoms. The van der Waals surface area contributed by atoms with Crippen molar-refractivity contribution >= 4 is 59.1 Å². The summed E-state index contributed by atoms with van der Waals surface area (Å²) in [6.07, 6.45) is -3.06. The summed E-state index contributed by atoms with van der Waals surface area (Å²) in [4.78, 5) is 125. The lowest BCUT2D eigenvalue weighted by molar-refractivity contribution is -0.138. The first-order chi connectivity index (χ1) is 27.1. The molecule has 0 aliphatic rings. The number of aliphatic hydroxyl groups is 2. The second kappa shape index (κ2) is 24.4. The molecule has 16 N–H and O–H groups in total. The molecule has 1 aromatic carbocycles. The lowest BCUT2D eigenvalue weighted by Gasteiger charge is -2.26. The fraction of sp³-hybridized carbons (Fsp3) is 0.543. The van der Waals surface area contributed by atoms with Crippen LogP contribution in [-0.4, -0.2) is 136 Å². The zero-order valence-corrected chi connectivity index (χ0v) is 32.5. The predicted octanol–water partition coefficient (Wildman–Crippen LogP) is -6.14. The van der Waals surface area contributed by atoms with Crippen molar-refractivity contribution in [2.24, 2.45) is 23.1 Å². The van der Waals surface area contributed by atoms with Gasteiger partial charge in [0.25, 0.3) is 0 Å². The van der Waals surface area contributed by atoms with Crippen LogP contribution in [0.1, 0.15) is 52.5 Å². The summed E-state index contributed by atoms with van der Waals surface area (Å²) in [5, 5.41) is 44.5. The number of hydrogen-bond donors (Lipinski definition) is 13. The number of nitrogens with two attached hydrogens (primary N) is 3. The third-order valence-corrected chi connectivity index (χ3v) is 8.34. The zero-order valence-electron chi connectivity index (χ0n) is 32.5. The lowest BCUT2D eigenvalue weighted by atomic mass is 10.0. The van der Waals surface area contributed by atoms with E-state index in [4.69, 9.17) is 17.2 Å². The number of hydrogen-bond acceptors (Lipinski definition) is 13. The highest BCUT2D eigenvalue weighted by molar-refractivity contribution is 5.98. The summed E-state index contributed by atoms with van der Waals surface area (Å²) in [5.74, 6) is -10.7. The predicted molar refractivity (Wildman–Crippen MR) is 202 cm³/mol. The molecule has 0 bridgehead atoms. The van der Waals surface area contributed by atoms with E-state index < -0.39 is 146 Å². The average Bonchev–Trinajstić information content (AvgIpc) is 3.15. The highest BCUT2D eigenvalue weighted by Gasteiger charge is 2.33. The Balaban J connectivity index is 2.94. The molecule has 0 spiro atoms. The normalized spacial score (nSPS) is 15.0. The number of nitrogens with one attached hydrogen (secondary N) is 7. The molecular formula is C35H54N10O13. The van der Waals surface area contributed by atoms with E-state index in [0.29, 0.717) is 5.56 Å². The van der Waals surface area contributed by atoms with Crippen LogP contribution < -0.4 is 54.4 Å². The summed E-state index contributed by atoms with van der Waals surface area (Å²) < 4.78 is 0. The van der Waals surface area contributed by atoms with Crippen LogP contribution in [0.15, 0.2) is 30.3 Å². The molecule has 9 amide bonds. The van der Waals surface area contributed by atoms with Gasteiger partial charge in [0.2, 0.25) is 53.2 Å². The van der Waals surface area contributed by atoms with E-state index in [-0.39, 0.29) is 6.42 Å². The SMILES string of the molecule is CC(C)[C@H](NC(=O)[C@H](CC(N)=O)NC(=O)[C@@H](N)[C@@H](C)O)C(=O)NCC(=O)N[C@@H](CO)C(=O)N[C@@H](CCC(=O)O)C(=O)N[C@@H](C)C(=O)N[C@@H](Cc1ccccc1)C(N)=O. The Kier molecular flexibility index (Phi) is 21.0. The van der Waals surface area contributed by atoms with Gasteiger partial charge in [-0.15, -0.1) is 0 Å². The molecule has 23 heteroatoms. The molecule has 0 aliphatic carbocycles. The van der Waals surface area contributed by atoms with Crippen LogP contribution in [0, 0.1) is 5.92 Å². The molecule has 0 heterocycles. The first-order valence-electron chi connectivity index (χ1n) is 18.0. The molecule has 0 radical (unpaired) electrons. The van der Waals surface area contributed by atoms with Gasteiger partial charge >= 0.3 is 5.97 Å². The van der Waals surface area contributed by atoms with E-state index in [2.05, 4.69) is 37.2 Å². The molecule has 0 saturated heterocycles. The van der Waals surface area contributed by atoms with Gasteiger partial charge in [-0.3, -0.25) is 47.9 Å². The molecule has 322 valence electrons. The van der Waals surface area contributed by atoms with E-state index in [1.54, 1.807) is 30.3 Å². The smallest absolute Gasteiger partial charge is 0.303 e. The topological polar surface area (TPSA) is 394 Å². The van der Waals surface area contributed by atoms with Crippen molar-refractivity contribution in [1.82, 2.24) is 37.2 Å². The maximum Gasteiger partial charge on any atom is 0.303 e. The molecule has 23 nitrogen and oxygen atoms in total. The minimum atomic E-state index is -1.73. The maximum absolute atomic E-state index is 13.1. The summed E-state index contributed by atoms with van der Waals surface area (Å²) in [6.45, 7) is 3.70. The number of carboxylic acids is 1. The molecular weight excluding hydrogens is 768 g/mol. The van der Waals surface area contributed by atoms with Crippen LogP contribution in [0.4, 0.5) is 0 Å². The van der Waals surface area contributed by atoms with E-state index in [0.717, 1.165) is 0 Å². The number of primary amides is 2. The van der Waals surface area contributed by atoms with Crippen LogP contribution in [0.25, 0.3) is 0 Å². The Morgan fingerprint density at radius 1 is 0.672 bits per heavy atom. The van der Waals surface area contributed by atoms with Crippen molar-refractivity contribution in [3.05, 3.63) is 35.9 Å². The molecule has 0 aromatic heterocycles. The largest absolute Gasteiger partial charge is 0.481 e. The van der Waals surface area contributed by atoms with Crippen molar-refractivity contribution in [3.8, 4) is 0 Å². The van der Waals surface area contributed by atoms with Gasteiger partial charge in [0.05, 0.1) is 25.7 Å². The first-order valence-corrected chi connectivity index (χ1v) is 18.0. The van der Waals surface area contributed by atoms with Gasteiger partial charge in [-0.2, -0.15) is 0 Å². The number of aliphatic carboxylic acids is 1. The molecule has 1 rings (SSSR count). The quantitative estimate of drug-likeness (QED) is 0.0437. The lowest BCUT2D eigenvalue weighted by Crippen LogP contribution is -2.59. The highest BCUT2D eigenvalue weighted by Crippen LogP contribution is 2.06. The number of rotatable bonds is 25. The number of carbonyl (C=O) groups is 10. The molecule has 0 unspecified atom stereocenters. The minimum absolute atomic E-state index is 0.0502. The van der Waals surface area contributed by atoms with Gasteiger partial charge in [0.1, 0.15) is 42.3 Å². The molecule has 1 aromatic rings. The van der Waals surface area contributed by atoms with Crippen LogP contribution in [0.5, 0.6) is 0 Å². The van der Waals surface area contributed by atoms with Crippen molar-refractivity contribution in [1.29, 1.82) is 0 Å². The van der Waals surface area contributed by atoms with Crippen LogP contribution >= 0.6 is 0 Å². The standard InChI is InChI=1S/C35H54N10O13/c1-16(2)28(45-32(55)22(13-24(36)48)44-34(57)27(37)18(4)47)35(58)39-14-25(49)41-23(15-46)33(56)42-20(10-11-26(50)51)31(54)40-17(3)30(53)43-21(29(38)52)12-19-8-6-5-7-9-19/h5-9,16-18,20-23,27-28,46-47H,10-15,37H2,1-4H3,(H2,36,48)(H2,38,52)(H,39,58)(H,40,54)(H,41,49)(H,42,56)(H,43,53)(H,44,57)(H,45,55)(H,50,51)/t17-,18+,20-,21-,22-,23-,27-,28-/m0/s1. The molecule has 0 saturated carbocycles. The Morgan fingerprint density at radius 3 is 1.74 bits per heavy atom. The van der Waals surface area contributed by atoms with Crippen LogP contribution in [0.2, 0.25) is 0 Å². The van der Waals surface area contributed by atoms with E-state index in [9.17, 15) is 63.3 Å². The van der Waals surface area contributed by atoms with Crippen molar-refractivity contribution in [3.63, 3.8) is 0 Å². The van der Waals surface area contributed by atoms with Gasteiger partial charge in [-0.1, -0.05) is 44.2 Å². The Hall–Kier alpha value is -6.20. The molecule has 0 fully saturated rings. The summed E-state index contributed by atoms with van der Waals surface area (Å²) in [7, 11) is 0. The van der Waals surface area contributed by atoms with E-state index >= 15 is 0 Å². The molecule has 0 aliphatic heterocycles. The Morgan fingerprint density at radius 2 is 1.22 bits per heavy atom. The average molecular weight is 823 g/mol. The van der Waals surface area contributed by atoms with Gasteiger partial charge in [0, 0.05) is 12.8 Å². The van der Waals surface area contributed by atoms with Gasteiger partial charge in [-0.05, 0) is 31.7 Å². The fourth-order valence-electron chi connectivity index (χ4n) is 4.96. The van der Waals surface area contributed by atoms with E-state index in [1.165, 1.54) is 27.7 Å². The third kappa shape index (κ3) is 17.7. The minimum Gasteiger partial charge on any atom is -0.481 e.